The molecule has 0 radical (unpaired) electrons. The minimum absolute atomic E-state index is 0.174. The highest BCUT2D eigenvalue weighted by molar-refractivity contribution is 5.95. The molecule has 21 heavy (non-hydrogen) atoms. The van der Waals surface area contributed by atoms with Crippen LogP contribution in [0.1, 0.15) is 59.9 Å². The summed E-state index contributed by atoms with van der Waals surface area (Å²) < 4.78 is 7.75. The molecule has 1 aromatic heterocycles. The van der Waals surface area contributed by atoms with Crippen LogP contribution in [0.15, 0.2) is 6.07 Å². The van der Waals surface area contributed by atoms with E-state index in [0.717, 1.165) is 11.3 Å². The van der Waals surface area contributed by atoms with Crippen molar-refractivity contribution >= 4 is 5.91 Å². The molecule has 3 rings (SSSR count). The van der Waals surface area contributed by atoms with Crippen molar-refractivity contribution in [3.8, 4) is 0 Å². The Morgan fingerprint density at radius 3 is 2.48 bits per heavy atom. The summed E-state index contributed by atoms with van der Waals surface area (Å²) in [6.07, 6.45) is 6.49. The van der Waals surface area contributed by atoms with Gasteiger partial charge in [0, 0.05) is 30.5 Å². The van der Waals surface area contributed by atoms with E-state index in [4.69, 9.17) is 4.74 Å². The quantitative estimate of drug-likeness (QED) is 0.839. The Morgan fingerprint density at radius 1 is 1.14 bits per heavy atom. The summed E-state index contributed by atoms with van der Waals surface area (Å²) in [6, 6.07) is 2.67. The van der Waals surface area contributed by atoms with Crippen molar-refractivity contribution in [3.05, 3.63) is 23.0 Å². The van der Waals surface area contributed by atoms with Gasteiger partial charge in [0.05, 0.1) is 18.8 Å². The molecule has 1 aliphatic heterocycles. The predicted octanol–water partition coefficient (Wildman–Crippen LogP) is 3.08. The maximum atomic E-state index is 12.7. The van der Waals surface area contributed by atoms with Crippen molar-refractivity contribution in [3.63, 3.8) is 0 Å². The number of aromatic nitrogens is 1. The molecule has 0 unspecified atom stereocenters. The monoisotopic (exact) mass is 290 g/mol. The van der Waals surface area contributed by atoms with E-state index in [2.05, 4.69) is 24.5 Å². The first-order valence-corrected chi connectivity index (χ1v) is 8.24. The molecule has 2 aliphatic rings. The molecule has 4 nitrogen and oxygen atoms in total. The van der Waals surface area contributed by atoms with Crippen molar-refractivity contribution in [1.82, 2.24) is 9.47 Å². The molecule has 4 heteroatoms. The molecule has 2 fully saturated rings. The maximum absolute atomic E-state index is 12.7. The van der Waals surface area contributed by atoms with Gasteiger partial charge in [-0.05, 0) is 32.8 Å². The second-order valence-electron chi connectivity index (χ2n) is 6.35. The van der Waals surface area contributed by atoms with E-state index in [1.54, 1.807) is 0 Å². The largest absolute Gasteiger partial charge is 0.378 e. The molecule has 2 heterocycles. The normalized spacial score (nSPS) is 20.8. The fourth-order valence-corrected chi connectivity index (χ4v) is 3.83. The number of ether oxygens (including phenoxy) is 1. The number of hydrogen-bond donors (Lipinski definition) is 0. The fourth-order valence-electron chi connectivity index (χ4n) is 3.83. The molecule has 116 valence electrons. The van der Waals surface area contributed by atoms with E-state index in [9.17, 15) is 4.79 Å². The molecule has 0 N–H and O–H groups in total. The Bertz CT molecular complexity index is 509. The van der Waals surface area contributed by atoms with Gasteiger partial charge in [-0.25, -0.2) is 0 Å². The van der Waals surface area contributed by atoms with Crippen molar-refractivity contribution in [2.24, 2.45) is 0 Å². The molecule has 0 aromatic carbocycles. The van der Waals surface area contributed by atoms with Gasteiger partial charge in [0.2, 0.25) is 0 Å². The second kappa shape index (κ2) is 6.22. The molecule has 1 amide bonds. The lowest BCUT2D eigenvalue weighted by Gasteiger charge is -2.28. The SMILES string of the molecule is Cc1cc(C(=O)N2CCOCC2)c(C)n1C1CCCCC1. The van der Waals surface area contributed by atoms with Gasteiger partial charge in [-0.3, -0.25) is 4.79 Å². The minimum atomic E-state index is 0.174. The Kier molecular flexibility index (Phi) is 4.34. The fraction of sp³-hybridized carbons (Fsp3) is 0.706. The minimum Gasteiger partial charge on any atom is -0.378 e. The number of carbonyl (C=O) groups is 1. The molecule has 0 spiro atoms. The van der Waals surface area contributed by atoms with Crippen LogP contribution < -0.4 is 0 Å². The molecule has 1 aliphatic carbocycles. The van der Waals surface area contributed by atoms with E-state index in [1.807, 2.05) is 4.90 Å². The summed E-state index contributed by atoms with van der Waals surface area (Å²) in [6.45, 7) is 6.99. The topological polar surface area (TPSA) is 34.5 Å². The summed E-state index contributed by atoms with van der Waals surface area (Å²) in [5, 5.41) is 0. The Hall–Kier alpha value is -1.29. The van der Waals surface area contributed by atoms with Gasteiger partial charge in [-0.2, -0.15) is 0 Å². The third kappa shape index (κ3) is 2.86. The molecule has 0 bridgehead atoms. The summed E-state index contributed by atoms with van der Waals surface area (Å²) in [5.41, 5.74) is 3.27. The van der Waals surface area contributed by atoms with Crippen LogP contribution in [0.4, 0.5) is 0 Å². The second-order valence-corrected chi connectivity index (χ2v) is 6.35. The third-order valence-electron chi connectivity index (χ3n) is 4.95. The zero-order valence-corrected chi connectivity index (χ0v) is 13.2. The van der Waals surface area contributed by atoms with Crippen molar-refractivity contribution in [2.75, 3.05) is 26.3 Å². The van der Waals surface area contributed by atoms with Gasteiger partial charge in [-0.15, -0.1) is 0 Å². The average Bonchev–Trinajstić information content (AvgIpc) is 2.83. The van der Waals surface area contributed by atoms with Crippen molar-refractivity contribution in [2.45, 2.75) is 52.0 Å². The van der Waals surface area contributed by atoms with Crippen LogP contribution in [0.2, 0.25) is 0 Å². The van der Waals surface area contributed by atoms with Gasteiger partial charge in [0.25, 0.3) is 5.91 Å². The van der Waals surface area contributed by atoms with E-state index < -0.39 is 0 Å². The van der Waals surface area contributed by atoms with Gasteiger partial charge in [-0.1, -0.05) is 19.3 Å². The maximum Gasteiger partial charge on any atom is 0.255 e. The summed E-state index contributed by atoms with van der Waals surface area (Å²) in [4.78, 5) is 14.7. The first-order valence-electron chi connectivity index (χ1n) is 8.24. The number of morpholine rings is 1. The van der Waals surface area contributed by atoms with Crippen LogP contribution in [-0.2, 0) is 4.74 Å². The number of nitrogens with zero attached hydrogens (tertiary/aromatic N) is 2. The lowest BCUT2D eigenvalue weighted by atomic mass is 9.95. The zero-order valence-electron chi connectivity index (χ0n) is 13.2. The smallest absolute Gasteiger partial charge is 0.255 e. The first kappa shape index (κ1) is 14.6. The number of amides is 1. The predicted molar refractivity (Wildman–Crippen MR) is 82.8 cm³/mol. The number of hydrogen-bond acceptors (Lipinski definition) is 2. The first-order chi connectivity index (χ1) is 10.2. The van der Waals surface area contributed by atoms with Crippen LogP contribution in [0, 0.1) is 13.8 Å². The standard InChI is InChI=1S/C17H26N2O2/c1-13-12-16(17(20)18-8-10-21-11-9-18)14(2)19(13)15-6-4-3-5-7-15/h12,15H,3-11H2,1-2H3. The van der Waals surface area contributed by atoms with E-state index in [1.165, 1.54) is 37.8 Å². The van der Waals surface area contributed by atoms with Crippen LogP contribution in [0.25, 0.3) is 0 Å². The van der Waals surface area contributed by atoms with Gasteiger partial charge >= 0.3 is 0 Å². The van der Waals surface area contributed by atoms with Crippen molar-refractivity contribution < 1.29 is 9.53 Å². The highest BCUT2D eigenvalue weighted by atomic mass is 16.5. The zero-order chi connectivity index (χ0) is 14.8. The average molecular weight is 290 g/mol. The van der Waals surface area contributed by atoms with E-state index >= 15 is 0 Å². The lowest BCUT2D eigenvalue weighted by Crippen LogP contribution is -2.40. The summed E-state index contributed by atoms with van der Waals surface area (Å²) in [7, 11) is 0. The molecule has 1 saturated carbocycles. The van der Waals surface area contributed by atoms with E-state index in [-0.39, 0.29) is 5.91 Å². The third-order valence-corrected chi connectivity index (χ3v) is 4.95. The van der Waals surface area contributed by atoms with E-state index in [0.29, 0.717) is 32.3 Å². The van der Waals surface area contributed by atoms with Crippen LogP contribution in [0.5, 0.6) is 0 Å². The highest BCUT2D eigenvalue weighted by Gasteiger charge is 2.25. The molecule has 0 atom stereocenters. The number of rotatable bonds is 2. The van der Waals surface area contributed by atoms with Gasteiger partial charge in [0.1, 0.15) is 0 Å². The van der Waals surface area contributed by atoms with Crippen LogP contribution in [0.3, 0.4) is 0 Å². The Balaban J connectivity index is 1.84. The van der Waals surface area contributed by atoms with Gasteiger partial charge < -0.3 is 14.2 Å². The van der Waals surface area contributed by atoms with Gasteiger partial charge in [0.15, 0.2) is 0 Å². The summed E-state index contributed by atoms with van der Waals surface area (Å²) in [5.74, 6) is 0.174. The molecule has 1 saturated heterocycles. The Morgan fingerprint density at radius 2 is 1.81 bits per heavy atom. The molecule has 1 aromatic rings. The van der Waals surface area contributed by atoms with Crippen LogP contribution >= 0.6 is 0 Å². The van der Waals surface area contributed by atoms with Crippen LogP contribution in [-0.4, -0.2) is 41.7 Å². The summed E-state index contributed by atoms with van der Waals surface area (Å²) >= 11 is 0. The molecular formula is C17H26N2O2. The highest BCUT2D eigenvalue weighted by Crippen LogP contribution is 2.32. The Labute approximate surface area is 127 Å². The molecular weight excluding hydrogens is 264 g/mol. The van der Waals surface area contributed by atoms with Crippen molar-refractivity contribution in [1.29, 1.82) is 0 Å². The lowest BCUT2D eigenvalue weighted by molar-refractivity contribution is 0.0302. The number of carbonyl (C=O) groups excluding carboxylic acids is 1. The number of aryl methyl sites for hydroxylation is 1.